The molecule has 0 spiro atoms. The van der Waals surface area contributed by atoms with E-state index in [2.05, 4.69) is 0 Å². The van der Waals surface area contributed by atoms with Crippen LogP contribution in [-0.2, 0) is 4.74 Å². The molecule has 0 radical (unpaired) electrons. The molecule has 8 heteroatoms. The highest BCUT2D eigenvalue weighted by Crippen LogP contribution is 2.33. The number of nitrogens with zero attached hydrogens (tertiary/aromatic N) is 2. The lowest BCUT2D eigenvalue weighted by molar-refractivity contribution is 0.0435. The lowest BCUT2D eigenvalue weighted by Gasteiger charge is -2.25. The van der Waals surface area contributed by atoms with E-state index >= 15 is 0 Å². The summed E-state index contributed by atoms with van der Waals surface area (Å²) < 4.78 is 63.1. The van der Waals surface area contributed by atoms with Crippen LogP contribution in [0.1, 0.15) is 31.2 Å². The summed E-state index contributed by atoms with van der Waals surface area (Å²) in [5.74, 6) is -5.28. The maximum atomic E-state index is 14.5. The second-order valence-corrected chi connectivity index (χ2v) is 6.73. The highest BCUT2D eigenvalue weighted by Gasteiger charge is 2.28. The van der Waals surface area contributed by atoms with E-state index in [1.165, 1.54) is 11.0 Å². The van der Waals surface area contributed by atoms with Crippen LogP contribution in [0.2, 0.25) is 0 Å². The molecular weight excluding hydrogens is 384 g/mol. The average molecular weight is 409 g/mol. The van der Waals surface area contributed by atoms with Crippen LogP contribution in [0.4, 0.5) is 23.2 Å². The lowest BCUT2D eigenvalue weighted by Crippen LogP contribution is -2.36. The molecule has 0 unspecified atom stereocenters. The Morgan fingerprint density at radius 3 is 1.89 bits per heavy atom. The van der Waals surface area contributed by atoms with E-state index in [1.54, 1.807) is 0 Å². The van der Waals surface area contributed by atoms with Gasteiger partial charge in [-0.05, 0) is 12.8 Å². The molecule has 2 aliphatic rings. The Kier molecular flexibility index (Phi) is 8.38. The molecule has 152 valence electrons. The van der Waals surface area contributed by atoms with Crippen molar-refractivity contribution in [3.05, 3.63) is 34.9 Å². The van der Waals surface area contributed by atoms with Gasteiger partial charge in [0.05, 0.1) is 18.8 Å². The molecule has 0 aromatic heterocycles. The molecule has 2 heterocycles. The first-order valence-electron chi connectivity index (χ1n) is 9.17. The first-order chi connectivity index (χ1) is 12.6. The van der Waals surface area contributed by atoms with E-state index in [0.29, 0.717) is 45.9 Å². The topological polar surface area (TPSA) is 15.7 Å². The second-order valence-electron chi connectivity index (χ2n) is 6.73. The van der Waals surface area contributed by atoms with Gasteiger partial charge in [0.15, 0.2) is 23.3 Å². The van der Waals surface area contributed by atoms with Crippen LogP contribution in [0.3, 0.4) is 0 Å². The van der Waals surface area contributed by atoms with Crippen molar-refractivity contribution in [2.24, 2.45) is 0 Å². The number of rotatable bonds is 4. The molecule has 2 saturated heterocycles. The predicted octanol–water partition coefficient (Wildman–Crippen LogP) is 4.39. The van der Waals surface area contributed by atoms with Crippen molar-refractivity contribution < 1.29 is 22.3 Å². The van der Waals surface area contributed by atoms with Crippen molar-refractivity contribution in [2.75, 3.05) is 50.8 Å². The Morgan fingerprint density at radius 2 is 1.33 bits per heavy atom. The summed E-state index contributed by atoms with van der Waals surface area (Å²) >= 11 is 0. The van der Waals surface area contributed by atoms with Gasteiger partial charge in [0.2, 0.25) is 0 Å². The van der Waals surface area contributed by atoms with Gasteiger partial charge in [-0.2, -0.15) is 0 Å². The Bertz CT molecular complexity index is 629. The van der Waals surface area contributed by atoms with Crippen LogP contribution < -0.4 is 4.90 Å². The fourth-order valence-electron chi connectivity index (χ4n) is 3.46. The van der Waals surface area contributed by atoms with Gasteiger partial charge in [0.25, 0.3) is 0 Å². The van der Waals surface area contributed by atoms with Crippen LogP contribution >= 0.6 is 12.4 Å². The maximum absolute atomic E-state index is 14.5. The first kappa shape index (κ1) is 22.0. The number of benzene rings is 1. The van der Waals surface area contributed by atoms with Crippen LogP contribution in [0, 0.1) is 23.3 Å². The molecule has 0 bridgehead atoms. The minimum absolute atomic E-state index is 0. The third-order valence-electron chi connectivity index (χ3n) is 4.95. The Morgan fingerprint density at radius 1 is 0.778 bits per heavy atom. The average Bonchev–Trinajstić information content (AvgIpc) is 2.93. The molecule has 1 aromatic carbocycles. The SMILES string of the molecule is Cl.Fc1c(F)c(N2CCCCCC2)c(F)c(F)c1C=CCN1CCOCC1. The van der Waals surface area contributed by atoms with Gasteiger partial charge in [-0.1, -0.05) is 25.0 Å². The molecule has 1 aromatic rings. The molecular formula is C19H25ClF4N2O. The molecule has 2 fully saturated rings. The van der Waals surface area contributed by atoms with Crippen molar-refractivity contribution >= 4 is 24.2 Å². The number of anilines is 1. The summed E-state index contributed by atoms with van der Waals surface area (Å²) in [4.78, 5) is 3.46. The summed E-state index contributed by atoms with van der Waals surface area (Å²) in [7, 11) is 0. The van der Waals surface area contributed by atoms with E-state index in [9.17, 15) is 17.6 Å². The summed E-state index contributed by atoms with van der Waals surface area (Å²) in [5.41, 5.74) is -1.24. The Balaban J connectivity index is 0.00000261. The fourth-order valence-corrected chi connectivity index (χ4v) is 3.46. The highest BCUT2D eigenvalue weighted by molar-refractivity contribution is 5.85. The van der Waals surface area contributed by atoms with Crippen LogP contribution in [-0.4, -0.2) is 50.8 Å². The monoisotopic (exact) mass is 408 g/mol. The minimum Gasteiger partial charge on any atom is -0.379 e. The number of morpholine rings is 1. The molecule has 3 nitrogen and oxygen atoms in total. The molecule has 0 atom stereocenters. The maximum Gasteiger partial charge on any atom is 0.185 e. The molecule has 2 aliphatic heterocycles. The van der Waals surface area contributed by atoms with E-state index in [0.717, 1.165) is 31.8 Å². The number of ether oxygens (including phenoxy) is 1. The van der Waals surface area contributed by atoms with Gasteiger partial charge in [0, 0.05) is 32.7 Å². The molecule has 0 saturated carbocycles. The third kappa shape index (κ3) is 5.15. The van der Waals surface area contributed by atoms with E-state index < -0.39 is 34.5 Å². The van der Waals surface area contributed by atoms with Gasteiger partial charge in [0.1, 0.15) is 5.69 Å². The standard InChI is InChI=1S/C19H24F4N2O.ClH/c20-15-14(6-5-7-24-10-12-26-13-11-24)16(21)18(23)19(17(15)22)25-8-3-1-2-4-9-25;/h5-6H,1-4,7-13H2;1H. The zero-order chi connectivity index (χ0) is 18.5. The van der Waals surface area contributed by atoms with Crippen molar-refractivity contribution in [3.8, 4) is 0 Å². The third-order valence-corrected chi connectivity index (χ3v) is 4.95. The van der Waals surface area contributed by atoms with Crippen molar-refractivity contribution in [1.82, 2.24) is 4.90 Å². The predicted molar refractivity (Wildman–Crippen MR) is 100 cm³/mol. The van der Waals surface area contributed by atoms with Crippen molar-refractivity contribution in [3.63, 3.8) is 0 Å². The van der Waals surface area contributed by atoms with Gasteiger partial charge in [-0.25, -0.2) is 17.6 Å². The zero-order valence-corrected chi connectivity index (χ0v) is 16.0. The summed E-state index contributed by atoms with van der Waals surface area (Å²) in [5, 5.41) is 0. The van der Waals surface area contributed by atoms with Crippen LogP contribution in [0.25, 0.3) is 6.08 Å². The largest absolute Gasteiger partial charge is 0.379 e. The fraction of sp³-hybridized carbons (Fsp3) is 0.579. The minimum atomic E-state index is -1.33. The summed E-state index contributed by atoms with van der Waals surface area (Å²) in [6, 6.07) is 0. The molecule has 0 N–H and O–H groups in total. The lowest BCUT2D eigenvalue weighted by atomic mass is 10.1. The second kappa shape index (κ2) is 10.3. The smallest absolute Gasteiger partial charge is 0.185 e. The van der Waals surface area contributed by atoms with E-state index in [1.807, 2.05) is 4.90 Å². The molecule has 3 rings (SSSR count). The van der Waals surface area contributed by atoms with Gasteiger partial charge < -0.3 is 9.64 Å². The normalized spacial score (nSPS) is 19.2. The van der Waals surface area contributed by atoms with Crippen molar-refractivity contribution in [1.29, 1.82) is 0 Å². The van der Waals surface area contributed by atoms with Crippen molar-refractivity contribution in [2.45, 2.75) is 25.7 Å². The van der Waals surface area contributed by atoms with E-state index in [-0.39, 0.29) is 12.4 Å². The Hall–Kier alpha value is -1.31. The quantitative estimate of drug-likeness (QED) is 0.543. The van der Waals surface area contributed by atoms with Crippen LogP contribution in [0.15, 0.2) is 6.08 Å². The number of hydrogen-bond acceptors (Lipinski definition) is 3. The van der Waals surface area contributed by atoms with Gasteiger partial charge >= 0.3 is 0 Å². The first-order valence-corrected chi connectivity index (χ1v) is 9.17. The summed E-state index contributed by atoms with van der Waals surface area (Å²) in [6.45, 7) is 3.88. The highest BCUT2D eigenvalue weighted by atomic mass is 35.5. The molecule has 0 amide bonds. The Labute approximate surface area is 163 Å². The van der Waals surface area contributed by atoms with Crippen LogP contribution in [0.5, 0.6) is 0 Å². The van der Waals surface area contributed by atoms with Gasteiger partial charge in [-0.15, -0.1) is 12.4 Å². The summed E-state index contributed by atoms with van der Waals surface area (Å²) in [6.07, 6.45) is 6.06. The number of halogens is 5. The number of hydrogen-bond donors (Lipinski definition) is 0. The zero-order valence-electron chi connectivity index (χ0n) is 15.2. The van der Waals surface area contributed by atoms with E-state index in [4.69, 9.17) is 4.74 Å². The molecule has 27 heavy (non-hydrogen) atoms. The molecule has 0 aliphatic carbocycles. The van der Waals surface area contributed by atoms with Gasteiger partial charge in [-0.3, -0.25) is 4.90 Å².